The summed E-state index contributed by atoms with van der Waals surface area (Å²) in [7, 11) is 0. The number of nitrogens with one attached hydrogen (secondary N) is 1. The predicted molar refractivity (Wildman–Crippen MR) is 122 cm³/mol. The fourth-order valence-electron chi connectivity index (χ4n) is 4.80. The molecule has 0 bridgehead atoms. The van der Waals surface area contributed by atoms with Gasteiger partial charge in [-0.15, -0.1) is 0 Å². The smallest absolute Gasteiger partial charge is 0.338 e. The van der Waals surface area contributed by atoms with E-state index in [1.807, 2.05) is 12.1 Å². The van der Waals surface area contributed by atoms with Crippen LogP contribution in [0.25, 0.3) is 0 Å². The number of benzene rings is 2. The third-order valence-electron chi connectivity index (χ3n) is 5.51. The Morgan fingerprint density at radius 1 is 0.935 bits per heavy atom. The summed E-state index contributed by atoms with van der Waals surface area (Å²) in [4.78, 5) is 24.8. The number of carbonyl (C=O) groups is 2. The molecule has 166 valence electrons. The number of hydrogen-bond donors (Lipinski definition) is 1. The molecule has 1 heterocycles. The number of ketones is 1. The van der Waals surface area contributed by atoms with Gasteiger partial charge in [-0.3, -0.25) is 4.79 Å². The molecule has 1 N–H and O–H groups in total. The van der Waals surface area contributed by atoms with Crippen LogP contribution in [0.15, 0.2) is 48.5 Å². The van der Waals surface area contributed by atoms with Crippen molar-refractivity contribution in [3.63, 3.8) is 0 Å². The average Bonchev–Trinajstić information content (AvgIpc) is 2.66. The lowest BCUT2D eigenvalue weighted by atomic mass is 9.74. The van der Waals surface area contributed by atoms with Crippen molar-refractivity contribution in [2.75, 3.05) is 6.61 Å². The Hall–Kier alpha value is -2.66. The maximum Gasteiger partial charge on any atom is 0.338 e. The molecule has 0 radical (unpaired) electrons. The highest BCUT2D eigenvalue weighted by Crippen LogP contribution is 2.35. The molecule has 2 aromatic rings. The van der Waals surface area contributed by atoms with Crippen LogP contribution in [0.3, 0.4) is 0 Å². The Morgan fingerprint density at radius 3 is 2.19 bits per heavy atom. The molecule has 0 spiro atoms. The molecule has 0 aliphatic carbocycles. The van der Waals surface area contributed by atoms with E-state index < -0.39 is 0 Å². The van der Waals surface area contributed by atoms with Crippen LogP contribution in [0, 0.1) is 5.92 Å². The maximum atomic E-state index is 12.9. The Balaban J connectivity index is 1.63. The maximum absolute atomic E-state index is 12.9. The van der Waals surface area contributed by atoms with E-state index in [9.17, 15) is 9.59 Å². The lowest BCUT2D eigenvalue weighted by Crippen LogP contribution is -2.57. The summed E-state index contributed by atoms with van der Waals surface area (Å²) >= 11 is 0. The van der Waals surface area contributed by atoms with E-state index in [0.717, 1.165) is 12.8 Å². The molecular weight excluding hydrogens is 390 g/mol. The Bertz CT molecular complexity index is 915. The van der Waals surface area contributed by atoms with E-state index in [0.29, 0.717) is 41.6 Å². The Labute approximate surface area is 185 Å². The van der Waals surface area contributed by atoms with Crippen LogP contribution in [0.4, 0.5) is 0 Å². The van der Waals surface area contributed by atoms with Crippen molar-refractivity contribution in [2.24, 2.45) is 5.92 Å². The van der Waals surface area contributed by atoms with E-state index >= 15 is 0 Å². The zero-order chi connectivity index (χ0) is 22.6. The van der Waals surface area contributed by atoms with Crippen LogP contribution in [-0.4, -0.2) is 29.4 Å². The number of hydrogen-bond acceptors (Lipinski definition) is 5. The van der Waals surface area contributed by atoms with Crippen molar-refractivity contribution in [3.05, 3.63) is 59.7 Å². The second kappa shape index (κ2) is 9.23. The minimum Gasteiger partial charge on any atom is -0.462 e. The van der Waals surface area contributed by atoms with Crippen molar-refractivity contribution >= 4 is 11.8 Å². The van der Waals surface area contributed by atoms with E-state index in [4.69, 9.17) is 9.47 Å². The van der Waals surface area contributed by atoms with Gasteiger partial charge in [0.25, 0.3) is 0 Å². The minimum absolute atomic E-state index is 0.0302. The van der Waals surface area contributed by atoms with Crippen LogP contribution >= 0.6 is 0 Å². The van der Waals surface area contributed by atoms with E-state index in [1.54, 1.807) is 43.3 Å². The van der Waals surface area contributed by atoms with Gasteiger partial charge >= 0.3 is 5.97 Å². The van der Waals surface area contributed by atoms with Gasteiger partial charge < -0.3 is 14.8 Å². The number of ether oxygens (including phenoxy) is 2. The molecule has 5 heteroatoms. The number of esters is 1. The first-order chi connectivity index (χ1) is 14.6. The van der Waals surface area contributed by atoms with Gasteiger partial charge in [-0.1, -0.05) is 6.07 Å². The first kappa shape index (κ1) is 23.0. The minimum atomic E-state index is -0.377. The van der Waals surface area contributed by atoms with Gasteiger partial charge in [-0.05, 0) is 95.8 Å². The molecule has 0 atom stereocenters. The van der Waals surface area contributed by atoms with Crippen LogP contribution in [-0.2, 0) is 4.74 Å². The van der Waals surface area contributed by atoms with Gasteiger partial charge in [0.2, 0.25) is 0 Å². The molecule has 0 amide bonds. The zero-order valence-corrected chi connectivity index (χ0v) is 19.2. The van der Waals surface area contributed by atoms with Crippen LogP contribution in [0.5, 0.6) is 11.5 Å². The largest absolute Gasteiger partial charge is 0.462 e. The predicted octanol–water partition coefficient (Wildman–Crippen LogP) is 5.79. The standard InChI is InChI=1S/C26H33NO4/c1-6-30-24(29)20-8-7-9-22(15-20)31-21-12-10-19(11-13-21)23(28)14-18-16-25(2,3)27-26(4,5)17-18/h7-13,15,18,27H,6,14,16-17H2,1-5H3. The molecule has 1 aliphatic heterocycles. The van der Waals surface area contributed by atoms with Gasteiger partial charge in [-0.25, -0.2) is 4.79 Å². The number of piperidine rings is 1. The molecule has 0 unspecified atom stereocenters. The average molecular weight is 424 g/mol. The van der Waals surface area contributed by atoms with E-state index in [2.05, 4.69) is 33.0 Å². The third-order valence-corrected chi connectivity index (χ3v) is 5.51. The second-order valence-corrected chi connectivity index (χ2v) is 9.67. The lowest BCUT2D eigenvalue weighted by molar-refractivity contribution is 0.0525. The summed E-state index contributed by atoms with van der Waals surface area (Å²) in [6.07, 6.45) is 2.52. The van der Waals surface area contributed by atoms with E-state index in [-0.39, 0.29) is 22.8 Å². The molecule has 0 aromatic heterocycles. The van der Waals surface area contributed by atoms with Gasteiger partial charge in [0.1, 0.15) is 11.5 Å². The summed E-state index contributed by atoms with van der Waals surface area (Å²) in [5, 5.41) is 3.67. The first-order valence-corrected chi connectivity index (χ1v) is 10.9. The van der Waals surface area contributed by atoms with Gasteiger partial charge in [0.15, 0.2) is 5.78 Å². The molecule has 1 saturated heterocycles. The highest BCUT2D eigenvalue weighted by molar-refractivity contribution is 5.96. The molecule has 0 saturated carbocycles. The normalized spacial score (nSPS) is 17.7. The quantitative estimate of drug-likeness (QED) is 0.451. The van der Waals surface area contributed by atoms with E-state index in [1.165, 1.54) is 0 Å². The Morgan fingerprint density at radius 2 is 1.58 bits per heavy atom. The molecule has 1 aliphatic rings. The Kier molecular flexibility index (Phi) is 6.85. The number of rotatable bonds is 7. The molecular formula is C26H33NO4. The van der Waals surface area contributed by atoms with Crippen molar-refractivity contribution < 1.29 is 19.1 Å². The zero-order valence-electron chi connectivity index (χ0n) is 19.2. The highest BCUT2D eigenvalue weighted by atomic mass is 16.5. The van der Waals surface area contributed by atoms with Crippen molar-refractivity contribution in [1.29, 1.82) is 0 Å². The van der Waals surface area contributed by atoms with Gasteiger partial charge in [0.05, 0.1) is 12.2 Å². The molecule has 1 fully saturated rings. The van der Waals surface area contributed by atoms with Gasteiger partial charge in [-0.2, -0.15) is 0 Å². The summed E-state index contributed by atoms with van der Waals surface area (Å²) in [5.41, 5.74) is 1.20. The number of Topliss-reactive ketones (excluding diaryl/α,β-unsaturated/α-hetero) is 1. The van der Waals surface area contributed by atoms with Crippen LogP contribution < -0.4 is 10.1 Å². The fraction of sp³-hybridized carbons (Fsp3) is 0.462. The van der Waals surface area contributed by atoms with Crippen molar-refractivity contribution in [3.8, 4) is 11.5 Å². The first-order valence-electron chi connectivity index (χ1n) is 10.9. The third kappa shape index (κ3) is 6.41. The monoisotopic (exact) mass is 423 g/mol. The summed E-state index contributed by atoms with van der Waals surface area (Å²) in [6.45, 7) is 10.9. The summed E-state index contributed by atoms with van der Waals surface area (Å²) in [5.74, 6) is 1.30. The summed E-state index contributed by atoms with van der Waals surface area (Å²) in [6, 6.07) is 14.1. The number of carbonyl (C=O) groups excluding carboxylic acids is 2. The van der Waals surface area contributed by atoms with Crippen molar-refractivity contribution in [1.82, 2.24) is 5.32 Å². The molecule has 5 nitrogen and oxygen atoms in total. The second-order valence-electron chi connectivity index (χ2n) is 9.67. The molecule has 2 aromatic carbocycles. The van der Waals surface area contributed by atoms with Crippen LogP contribution in [0.1, 0.15) is 74.6 Å². The molecule has 3 rings (SSSR count). The summed E-state index contributed by atoms with van der Waals surface area (Å²) < 4.78 is 10.9. The van der Waals surface area contributed by atoms with Crippen LogP contribution in [0.2, 0.25) is 0 Å². The lowest BCUT2D eigenvalue weighted by Gasteiger charge is -2.46. The van der Waals surface area contributed by atoms with Crippen molar-refractivity contribution in [2.45, 2.75) is 65.0 Å². The van der Waals surface area contributed by atoms with Gasteiger partial charge in [0, 0.05) is 23.1 Å². The highest BCUT2D eigenvalue weighted by Gasteiger charge is 2.38. The topological polar surface area (TPSA) is 64.6 Å². The SMILES string of the molecule is CCOC(=O)c1cccc(Oc2ccc(C(=O)CC3CC(C)(C)NC(C)(C)C3)cc2)c1. The fourth-order valence-corrected chi connectivity index (χ4v) is 4.80. The molecule has 31 heavy (non-hydrogen) atoms.